The molecule has 1 saturated heterocycles. The van der Waals surface area contributed by atoms with Crippen molar-refractivity contribution in [2.24, 2.45) is 5.92 Å². The highest BCUT2D eigenvalue weighted by Crippen LogP contribution is 2.32. The van der Waals surface area contributed by atoms with Gasteiger partial charge in [0.2, 0.25) is 21.8 Å². The van der Waals surface area contributed by atoms with Gasteiger partial charge in [0.05, 0.1) is 17.9 Å². The second-order valence-corrected chi connectivity index (χ2v) is 10.00. The first kappa shape index (κ1) is 20.7. The van der Waals surface area contributed by atoms with Crippen LogP contribution < -0.4 is 14.5 Å². The highest BCUT2D eigenvalue weighted by Gasteiger charge is 2.35. The zero-order valence-corrected chi connectivity index (χ0v) is 18.0. The number of fused-ring (bicyclic) bond motifs is 1. The van der Waals surface area contributed by atoms with Crippen LogP contribution in [0.3, 0.4) is 0 Å². The topological polar surface area (TPSA) is 86.8 Å². The van der Waals surface area contributed by atoms with Gasteiger partial charge in [-0.2, -0.15) is 0 Å². The Morgan fingerprint density at radius 3 is 2.60 bits per heavy atom. The maximum absolute atomic E-state index is 12.8. The molecule has 2 aromatic carbocycles. The van der Waals surface area contributed by atoms with Gasteiger partial charge < -0.3 is 10.2 Å². The molecule has 4 rings (SSSR count). The van der Waals surface area contributed by atoms with Gasteiger partial charge in [0.25, 0.3) is 0 Å². The van der Waals surface area contributed by atoms with Gasteiger partial charge in [-0.25, -0.2) is 8.42 Å². The maximum atomic E-state index is 12.8. The van der Waals surface area contributed by atoms with Gasteiger partial charge in [0.15, 0.2) is 0 Å². The molecule has 158 valence electrons. The number of anilines is 3. The van der Waals surface area contributed by atoms with Crippen LogP contribution in [0.15, 0.2) is 42.5 Å². The molecule has 1 unspecified atom stereocenters. The Hall–Kier alpha value is -2.58. The molecule has 1 atom stereocenters. The summed E-state index contributed by atoms with van der Waals surface area (Å²) in [4.78, 5) is 26.8. The molecule has 2 aromatic rings. The molecule has 0 spiro atoms. The van der Waals surface area contributed by atoms with Crippen LogP contribution in [0.25, 0.3) is 0 Å². The van der Waals surface area contributed by atoms with Crippen molar-refractivity contribution in [1.82, 2.24) is 0 Å². The van der Waals surface area contributed by atoms with Crippen molar-refractivity contribution in [3.63, 3.8) is 0 Å². The fourth-order valence-electron chi connectivity index (χ4n) is 3.96. The van der Waals surface area contributed by atoms with Gasteiger partial charge in [0.1, 0.15) is 0 Å². The van der Waals surface area contributed by atoms with Crippen LogP contribution in [0.2, 0.25) is 5.02 Å². The van der Waals surface area contributed by atoms with Gasteiger partial charge in [-0.1, -0.05) is 17.7 Å². The molecule has 2 aliphatic rings. The Balaban J connectivity index is 1.49. The van der Waals surface area contributed by atoms with Gasteiger partial charge in [0, 0.05) is 35.9 Å². The number of benzene rings is 2. The van der Waals surface area contributed by atoms with E-state index in [4.69, 9.17) is 11.6 Å². The Labute approximate surface area is 180 Å². The quantitative estimate of drug-likeness (QED) is 0.780. The minimum absolute atomic E-state index is 0.119. The average Bonchev–Trinajstić information content (AvgIpc) is 3.09. The molecular weight excluding hydrogens is 426 g/mol. The summed E-state index contributed by atoms with van der Waals surface area (Å²) in [5.41, 5.74) is 2.77. The third-order valence-corrected chi connectivity index (χ3v) is 6.90. The number of carbonyl (C=O) groups is 2. The Bertz CT molecular complexity index is 1100. The number of hydrogen-bond acceptors (Lipinski definition) is 4. The summed E-state index contributed by atoms with van der Waals surface area (Å²) in [6.07, 6.45) is 2.86. The van der Waals surface area contributed by atoms with E-state index in [-0.39, 0.29) is 24.8 Å². The Morgan fingerprint density at radius 2 is 1.90 bits per heavy atom. The van der Waals surface area contributed by atoms with E-state index in [1.54, 1.807) is 41.3 Å². The number of halogens is 1. The zero-order chi connectivity index (χ0) is 21.5. The van der Waals surface area contributed by atoms with E-state index in [1.165, 1.54) is 10.6 Å². The molecule has 2 amide bonds. The second-order valence-electron chi connectivity index (χ2n) is 7.65. The fraction of sp³-hybridized carbons (Fsp3) is 0.333. The maximum Gasteiger partial charge on any atom is 0.232 e. The van der Waals surface area contributed by atoms with Crippen molar-refractivity contribution in [3.8, 4) is 0 Å². The highest BCUT2D eigenvalue weighted by molar-refractivity contribution is 7.92. The van der Waals surface area contributed by atoms with E-state index in [0.717, 1.165) is 18.4 Å². The fourth-order valence-corrected chi connectivity index (χ4v) is 5.08. The van der Waals surface area contributed by atoms with E-state index >= 15 is 0 Å². The summed E-state index contributed by atoms with van der Waals surface area (Å²) >= 11 is 5.90. The van der Waals surface area contributed by atoms with Gasteiger partial charge in [-0.3, -0.25) is 13.9 Å². The van der Waals surface area contributed by atoms with Gasteiger partial charge in [-0.05, 0) is 54.8 Å². The average molecular weight is 448 g/mol. The molecule has 0 radical (unpaired) electrons. The minimum Gasteiger partial charge on any atom is -0.326 e. The van der Waals surface area contributed by atoms with E-state index in [0.29, 0.717) is 28.6 Å². The molecule has 0 saturated carbocycles. The number of rotatable bonds is 4. The summed E-state index contributed by atoms with van der Waals surface area (Å²) in [5.74, 6) is -0.872. The van der Waals surface area contributed by atoms with Crippen LogP contribution >= 0.6 is 11.6 Å². The molecule has 0 aliphatic carbocycles. The molecule has 2 aliphatic heterocycles. The molecule has 7 nitrogen and oxygen atoms in total. The number of carbonyl (C=O) groups excluding carboxylic acids is 2. The lowest BCUT2D eigenvalue weighted by Gasteiger charge is -2.29. The largest absolute Gasteiger partial charge is 0.326 e. The first-order valence-electron chi connectivity index (χ1n) is 9.70. The molecular formula is C21H22ClN3O4S. The second kappa shape index (κ2) is 7.92. The molecule has 1 fully saturated rings. The SMILES string of the molecule is CS(=O)(=O)N1CCCc2ccc(NC(=O)C3CC(=O)N(c4ccc(Cl)cc4)C3)cc21. The number of nitrogens with zero attached hydrogens (tertiary/aromatic N) is 2. The molecule has 30 heavy (non-hydrogen) atoms. The first-order valence-corrected chi connectivity index (χ1v) is 11.9. The first-order chi connectivity index (χ1) is 14.2. The lowest BCUT2D eigenvalue weighted by atomic mass is 10.0. The molecule has 9 heteroatoms. The number of hydrogen-bond donors (Lipinski definition) is 1. The monoisotopic (exact) mass is 447 g/mol. The van der Waals surface area contributed by atoms with Crippen LogP contribution in [0.1, 0.15) is 18.4 Å². The van der Waals surface area contributed by atoms with Crippen LogP contribution in [-0.4, -0.2) is 39.6 Å². The number of amides is 2. The van der Waals surface area contributed by atoms with Crippen molar-refractivity contribution in [3.05, 3.63) is 53.1 Å². The lowest BCUT2D eigenvalue weighted by Crippen LogP contribution is -2.34. The summed E-state index contributed by atoms with van der Waals surface area (Å²) in [6, 6.07) is 12.2. The predicted molar refractivity (Wildman–Crippen MR) is 117 cm³/mol. The predicted octanol–water partition coefficient (Wildman–Crippen LogP) is 3.04. The standard InChI is InChI=1S/C21H22ClN3O4S/c1-30(28,29)25-10-2-3-14-4-7-17(12-19(14)25)23-21(27)15-11-20(26)24(13-15)18-8-5-16(22)6-9-18/h4-9,12,15H,2-3,10-11,13H2,1H3,(H,23,27). The van der Waals surface area contributed by atoms with Gasteiger partial charge in [-0.15, -0.1) is 0 Å². The summed E-state index contributed by atoms with van der Waals surface area (Å²) < 4.78 is 25.6. The van der Waals surface area contributed by atoms with Crippen molar-refractivity contribution in [2.45, 2.75) is 19.3 Å². The van der Waals surface area contributed by atoms with Crippen LogP contribution in [0.4, 0.5) is 17.1 Å². The third-order valence-electron chi connectivity index (χ3n) is 5.46. The van der Waals surface area contributed by atoms with Gasteiger partial charge >= 0.3 is 0 Å². The summed E-state index contributed by atoms with van der Waals surface area (Å²) in [6.45, 7) is 0.711. The minimum atomic E-state index is -3.39. The molecule has 2 heterocycles. The Morgan fingerprint density at radius 1 is 1.17 bits per heavy atom. The van der Waals surface area contributed by atoms with E-state index < -0.39 is 15.9 Å². The number of aryl methyl sites for hydroxylation is 1. The van der Waals surface area contributed by atoms with E-state index in [2.05, 4.69) is 5.32 Å². The lowest BCUT2D eigenvalue weighted by molar-refractivity contribution is -0.122. The molecule has 0 bridgehead atoms. The molecule has 1 N–H and O–H groups in total. The smallest absolute Gasteiger partial charge is 0.232 e. The highest BCUT2D eigenvalue weighted by atomic mass is 35.5. The van der Waals surface area contributed by atoms with E-state index in [1.807, 2.05) is 6.07 Å². The summed E-state index contributed by atoms with van der Waals surface area (Å²) in [5, 5.41) is 3.43. The van der Waals surface area contributed by atoms with Crippen molar-refractivity contribution in [2.75, 3.05) is 33.9 Å². The van der Waals surface area contributed by atoms with Crippen molar-refractivity contribution in [1.29, 1.82) is 0 Å². The Kier molecular flexibility index (Phi) is 5.46. The number of nitrogens with one attached hydrogen (secondary N) is 1. The van der Waals surface area contributed by atoms with Crippen molar-refractivity contribution >= 4 is 50.5 Å². The zero-order valence-electron chi connectivity index (χ0n) is 16.5. The normalized spacial score (nSPS) is 19.0. The van der Waals surface area contributed by atoms with E-state index in [9.17, 15) is 18.0 Å². The molecule has 0 aromatic heterocycles. The third kappa shape index (κ3) is 4.15. The number of sulfonamides is 1. The van der Waals surface area contributed by atoms with Crippen LogP contribution in [0.5, 0.6) is 0 Å². The van der Waals surface area contributed by atoms with Crippen molar-refractivity contribution < 1.29 is 18.0 Å². The van der Waals surface area contributed by atoms with Crippen LogP contribution in [-0.2, 0) is 26.0 Å². The van der Waals surface area contributed by atoms with Crippen LogP contribution in [0, 0.1) is 5.92 Å². The summed E-state index contributed by atoms with van der Waals surface area (Å²) in [7, 11) is -3.39.